The number of rotatable bonds is 4. The van der Waals surface area contributed by atoms with E-state index in [9.17, 15) is 0 Å². The Balaban J connectivity index is 2.29. The second kappa shape index (κ2) is 5.78. The maximum absolute atomic E-state index is 5.63. The van der Waals surface area contributed by atoms with Gasteiger partial charge >= 0.3 is 0 Å². The van der Waals surface area contributed by atoms with Crippen LogP contribution in [0.25, 0.3) is 0 Å². The van der Waals surface area contributed by atoms with Gasteiger partial charge in [0.05, 0.1) is 5.60 Å². The molecule has 1 aromatic heterocycles. The van der Waals surface area contributed by atoms with Crippen LogP contribution in [0.2, 0.25) is 0 Å². The van der Waals surface area contributed by atoms with Crippen LogP contribution in [0.1, 0.15) is 19.8 Å². The van der Waals surface area contributed by atoms with E-state index in [0.717, 1.165) is 25.9 Å². The zero-order valence-electron chi connectivity index (χ0n) is 13.0. The van der Waals surface area contributed by atoms with Crippen molar-refractivity contribution >= 4 is 17.8 Å². The summed E-state index contributed by atoms with van der Waals surface area (Å²) in [5.41, 5.74) is -0.136. The first-order valence-corrected chi connectivity index (χ1v) is 6.89. The van der Waals surface area contributed by atoms with E-state index in [0.29, 0.717) is 17.8 Å². The molecule has 1 saturated heterocycles. The van der Waals surface area contributed by atoms with Gasteiger partial charge in [0.1, 0.15) is 0 Å². The van der Waals surface area contributed by atoms with Crippen LogP contribution in [0.5, 0.6) is 0 Å². The van der Waals surface area contributed by atoms with Gasteiger partial charge in [-0.3, -0.25) is 0 Å². The smallest absolute Gasteiger partial charge is 0.232 e. The van der Waals surface area contributed by atoms with Gasteiger partial charge in [-0.05, 0) is 19.8 Å². The number of methoxy groups -OCH3 is 1. The van der Waals surface area contributed by atoms with E-state index >= 15 is 0 Å². The number of anilines is 3. The molecule has 1 unspecified atom stereocenters. The van der Waals surface area contributed by atoms with Gasteiger partial charge in [0.25, 0.3) is 0 Å². The number of piperidine rings is 1. The molecule has 1 atom stereocenters. The maximum Gasteiger partial charge on any atom is 0.232 e. The summed E-state index contributed by atoms with van der Waals surface area (Å²) >= 11 is 0. The van der Waals surface area contributed by atoms with Gasteiger partial charge in [0.2, 0.25) is 17.8 Å². The standard InChI is InChI=1S/C13H24N6O/c1-13(20-5)7-6-8-19(9-13)12-16-10(14-2)15-11(17-12)18(3)4/h6-9H2,1-5H3,(H,14,15,16,17). The average molecular weight is 280 g/mol. The third-order valence-corrected chi connectivity index (χ3v) is 3.67. The van der Waals surface area contributed by atoms with Crippen molar-refractivity contribution in [3.05, 3.63) is 0 Å². The average Bonchev–Trinajstić information content (AvgIpc) is 2.46. The van der Waals surface area contributed by atoms with Crippen LogP contribution in [0.15, 0.2) is 0 Å². The Morgan fingerprint density at radius 1 is 1.30 bits per heavy atom. The molecule has 1 aliphatic heterocycles. The van der Waals surface area contributed by atoms with Crippen molar-refractivity contribution < 1.29 is 4.74 Å². The molecule has 1 aliphatic rings. The molecule has 2 heterocycles. The number of ether oxygens (including phenoxy) is 1. The molecule has 1 fully saturated rings. The summed E-state index contributed by atoms with van der Waals surface area (Å²) in [7, 11) is 7.43. The predicted octanol–water partition coefficient (Wildman–Crippen LogP) is 0.985. The molecular formula is C13H24N6O. The van der Waals surface area contributed by atoms with Crippen molar-refractivity contribution in [1.29, 1.82) is 0 Å². The SMILES string of the molecule is CNc1nc(N(C)C)nc(N2CCCC(C)(OC)C2)n1. The van der Waals surface area contributed by atoms with Crippen molar-refractivity contribution in [3.8, 4) is 0 Å². The second-order valence-electron chi connectivity index (χ2n) is 5.58. The zero-order valence-corrected chi connectivity index (χ0v) is 13.0. The van der Waals surface area contributed by atoms with Gasteiger partial charge in [-0.25, -0.2) is 0 Å². The fourth-order valence-corrected chi connectivity index (χ4v) is 2.35. The van der Waals surface area contributed by atoms with Crippen molar-refractivity contribution in [3.63, 3.8) is 0 Å². The minimum Gasteiger partial charge on any atom is -0.377 e. The maximum atomic E-state index is 5.63. The molecule has 0 radical (unpaired) electrons. The van der Waals surface area contributed by atoms with E-state index in [1.165, 1.54) is 0 Å². The summed E-state index contributed by atoms with van der Waals surface area (Å²) in [6.07, 6.45) is 2.13. The normalized spacial score (nSPS) is 22.8. The van der Waals surface area contributed by atoms with Gasteiger partial charge in [0.15, 0.2) is 0 Å². The van der Waals surface area contributed by atoms with Crippen LogP contribution >= 0.6 is 0 Å². The van der Waals surface area contributed by atoms with E-state index in [2.05, 4.69) is 32.1 Å². The molecular weight excluding hydrogens is 256 g/mol. The van der Waals surface area contributed by atoms with Gasteiger partial charge in [-0.1, -0.05) is 0 Å². The summed E-state index contributed by atoms with van der Waals surface area (Å²) in [6.45, 7) is 3.87. The van der Waals surface area contributed by atoms with Crippen LogP contribution in [0.4, 0.5) is 17.8 Å². The first kappa shape index (κ1) is 14.8. The number of aromatic nitrogens is 3. The van der Waals surface area contributed by atoms with Gasteiger partial charge in [0, 0.05) is 41.3 Å². The highest BCUT2D eigenvalue weighted by Crippen LogP contribution is 2.27. The molecule has 1 N–H and O–H groups in total. The highest BCUT2D eigenvalue weighted by Gasteiger charge is 2.32. The predicted molar refractivity (Wildman–Crippen MR) is 80.6 cm³/mol. The largest absolute Gasteiger partial charge is 0.377 e. The van der Waals surface area contributed by atoms with Crippen LogP contribution in [-0.4, -0.2) is 61.9 Å². The quantitative estimate of drug-likeness (QED) is 0.882. The van der Waals surface area contributed by atoms with E-state index in [1.54, 1.807) is 7.11 Å². The Kier molecular flexibility index (Phi) is 4.27. The van der Waals surface area contributed by atoms with Crippen molar-refractivity contribution in [2.24, 2.45) is 0 Å². The second-order valence-corrected chi connectivity index (χ2v) is 5.58. The van der Waals surface area contributed by atoms with Crippen LogP contribution < -0.4 is 15.1 Å². The number of hydrogen-bond acceptors (Lipinski definition) is 7. The zero-order chi connectivity index (χ0) is 14.8. The molecule has 2 rings (SSSR count). The summed E-state index contributed by atoms with van der Waals surface area (Å²) in [5.74, 6) is 1.95. The van der Waals surface area contributed by atoms with Gasteiger partial charge in [-0.15, -0.1) is 0 Å². The van der Waals surface area contributed by atoms with Crippen LogP contribution in [0, 0.1) is 0 Å². The number of hydrogen-bond donors (Lipinski definition) is 1. The lowest BCUT2D eigenvalue weighted by Crippen LogP contribution is -2.48. The molecule has 1 aromatic rings. The third-order valence-electron chi connectivity index (χ3n) is 3.67. The summed E-state index contributed by atoms with van der Waals surface area (Å²) in [5, 5.41) is 2.99. The lowest BCUT2D eigenvalue weighted by molar-refractivity contribution is -0.00498. The number of nitrogens with one attached hydrogen (secondary N) is 1. The Morgan fingerprint density at radius 2 is 2.05 bits per heavy atom. The first-order valence-electron chi connectivity index (χ1n) is 6.89. The number of nitrogens with zero attached hydrogens (tertiary/aromatic N) is 5. The van der Waals surface area contributed by atoms with Crippen LogP contribution in [-0.2, 0) is 4.74 Å². The minimum atomic E-state index is -0.136. The first-order chi connectivity index (χ1) is 9.47. The highest BCUT2D eigenvalue weighted by molar-refractivity contribution is 5.44. The topological polar surface area (TPSA) is 66.4 Å². The Labute approximate surface area is 120 Å². The molecule has 0 amide bonds. The van der Waals surface area contributed by atoms with Crippen molar-refractivity contribution in [2.75, 3.05) is 56.5 Å². The van der Waals surface area contributed by atoms with E-state index < -0.39 is 0 Å². The Morgan fingerprint density at radius 3 is 2.65 bits per heavy atom. The van der Waals surface area contributed by atoms with Crippen molar-refractivity contribution in [2.45, 2.75) is 25.4 Å². The summed E-state index contributed by atoms with van der Waals surface area (Å²) in [6, 6.07) is 0. The molecule has 7 nitrogen and oxygen atoms in total. The molecule has 0 saturated carbocycles. The minimum absolute atomic E-state index is 0.136. The third kappa shape index (κ3) is 3.09. The van der Waals surface area contributed by atoms with E-state index in [1.807, 2.05) is 26.0 Å². The molecule has 0 aromatic carbocycles. The molecule has 20 heavy (non-hydrogen) atoms. The lowest BCUT2D eigenvalue weighted by Gasteiger charge is -2.39. The highest BCUT2D eigenvalue weighted by atomic mass is 16.5. The van der Waals surface area contributed by atoms with E-state index in [-0.39, 0.29) is 5.60 Å². The summed E-state index contributed by atoms with van der Waals surface area (Å²) < 4.78 is 5.63. The lowest BCUT2D eigenvalue weighted by atomic mass is 9.95. The molecule has 112 valence electrons. The molecule has 0 spiro atoms. The Hall–Kier alpha value is -1.63. The monoisotopic (exact) mass is 280 g/mol. The van der Waals surface area contributed by atoms with E-state index in [4.69, 9.17) is 4.74 Å². The molecule has 7 heteroatoms. The fraction of sp³-hybridized carbons (Fsp3) is 0.769. The Bertz CT molecular complexity index is 466. The van der Waals surface area contributed by atoms with Gasteiger partial charge in [-0.2, -0.15) is 15.0 Å². The fourth-order valence-electron chi connectivity index (χ4n) is 2.35. The molecule has 0 bridgehead atoms. The van der Waals surface area contributed by atoms with Gasteiger partial charge < -0.3 is 19.9 Å². The molecule has 0 aliphatic carbocycles. The van der Waals surface area contributed by atoms with Crippen molar-refractivity contribution in [1.82, 2.24) is 15.0 Å². The summed E-state index contributed by atoms with van der Waals surface area (Å²) in [4.78, 5) is 17.4. The van der Waals surface area contributed by atoms with Crippen LogP contribution in [0.3, 0.4) is 0 Å².